The zero-order chi connectivity index (χ0) is 12.8. The van der Waals surface area contributed by atoms with Crippen molar-refractivity contribution in [1.29, 1.82) is 5.26 Å². The molecule has 18 heavy (non-hydrogen) atoms. The molecule has 0 radical (unpaired) electrons. The van der Waals surface area contributed by atoms with E-state index in [9.17, 15) is 0 Å². The molecular weight excluding hydrogens is 288 g/mol. The Balaban J connectivity index is 1.96. The SMILES string of the molecule is N#Cc1ccc(Br)c(CNCc2ccccc2)c1. The van der Waals surface area contributed by atoms with Gasteiger partial charge in [0.15, 0.2) is 0 Å². The van der Waals surface area contributed by atoms with Gasteiger partial charge < -0.3 is 5.32 Å². The van der Waals surface area contributed by atoms with E-state index in [1.54, 1.807) is 0 Å². The Bertz CT molecular complexity index is 558. The van der Waals surface area contributed by atoms with E-state index in [1.807, 2.05) is 36.4 Å². The number of nitriles is 1. The molecule has 0 heterocycles. The quantitative estimate of drug-likeness (QED) is 0.936. The molecule has 2 rings (SSSR count). The van der Waals surface area contributed by atoms with Gasteiger partial charge in [0.2, 0.25) is 0 Å². The number of nitrogens with one attached hydrogen (secondary N) is 1. The second-order valence-corrected chi connectivity index (χ2v) is 4.86. The maximum absolute atomic E-state index is 8.87. The summed E-state index contributed by atoms with van der Waals surface area (Å²) in [5.74, 6) is 0. The second kappa shape index (κ2) is 6.34. The molecule has 0 saturated carbocycles. The number of nitrogens with zero attached hydrogens (tertiary/aromatic N) is 1. The van der Waals surface area contributed by atoms with Gasteiger partial charge in [-0.05, 0) is 29.3 Å². The van der Waals surface area contributed by atoms with Crippen LogP contribution >= 0.6 is 15.9 Å². The van der Waals surface area contributed by atoms with Crippen molar-refractivity contribution in [3.05, 3.63) is 69.7 Å². The highest BCUT2D eigenvalue weighted by Crippen LogP contribution is 2.18. The zero-order valence-electron chi connectivity index (χ0n) is 9.86. The first-order valence-electron chi connectivity index (χ1n) is 5.73. The Morgan fingerprint density at radius 2 is 1.83 bits per heavy atom. The van der Waals surface area contributed by atoms with Gasteiger partial charge in [-0.25, -0.2) is 0 Å². The molecule has 2 aromatic carbocycles. The summed E-state index contributed by atoms with van der Waals surface area (Å²) in [4.78, 5) is 0. The summed E-state index contributed by atoms with van der Waals surface area (Å²) in [7, 11) is 0. The fourth-order valence-electron chi connectivity index (χ4n) is 1.72. The molecule has 2 aromatic rings. The van der Waals surface area contributed by atoms with Crippen molar-refractivity contribution < 1.29 is 0 Å². The lowest BCUT2D eigenvalue weighted by Gasteiger charge is -2.07. The lowest BCUT2D eigenvalue weighted by Crippen LogP contribution is -2.13. The summed E-state index contributed by atoms with van der Waals surface area (Å²) >= 11 is 3.50. The summed E-state index contributed by atoms with van der Waals surface area (Å²) in [6.07, 6.45) is 0. The Morgan fingerprint density at radius 1 is 1.06 bits per heavy atom. The number of hydrogen-bond acceptors (Lipinski definition) is 2. The summed E-state index contributed by atoms with van der Waals surface area (Å²) in [6, 6.07) is 18.0. The van der Waals surface area contributed by atoms with Crippen molar-refractivity contribution in [3.63, 3.8) is 0 Å². The molecule has 0 atom stereocenters. The highest BCUT2D eigenvalue weighted by atomic mass is 79.9. The van der Waals surface area contributed by atoms with E-state index in [0.29, 0.717) is 5.56 Å². The average molecular weight is 301 g/mol. The predicted molar refractivity (Wildman–Crippen MR) is 75.8 cm³/mol. The lowest BCUT2D eigenvalue weighted by atomic mass is 10.1. The van der Waals surface area contributed by atoms with E-state index in [2.05, 4.69) is 39.4 Å². The van der Waals surface area contributed by atoms with Crippen molar-refractivity contribution in [2.45, 2.75) is 13.1 Å². The molecule has 0 aliphatic rings. The smallest absolute Gasteiger partial charge is 0.0991 e. The van der Waals surface area contributed by atoms with Gasteiger partial charge in [-0.1, -0.05) is 46.3 Å². The van der Waals surface area contributed by atoms with E-state index in [4.69, 9.17) is 5.26 Å². The van der Waals surface area contributed by atoms with Gasteiger partial charge in [0.05, 0.1) is 11.6 Å². The molecule has 2 nitrogen and oxygen atoms in total. The third-order valence-corrected chi connectivity index (χ3v) is 3.44. The number of hydrogen-bond donors (Lipinski definition) is 1. The monoisotopic (exact) mass is 300 g/mol. The molecule has 0 bridgehead atoms. The Kier molecular flexibility index (Phi) is 4.52. The summed E-state index contributed by atoms with van der Waals surface area (Å²) in [5.41, 5.74) is 3.05. The van der Waals surface area contributed by atoms with Crippen LogP contribution in [0.15, 0.2) is 53.0 Å². The first-order chi connectivity index (χ1) is 8.79. The molecule has 1 N–H and O–H groups in total. The third kappa shape index (κ3) is 3.43. The molecule has 0 spiro atoms. The fourth-order valence-corrected chi connectivity index (χ4v) is 2.10. The summed E-state index contributed by atoms with van der Waals surface area (Å²) in [5, 5.41) is 12.2. The predicted octanol–water partition coefficient (Wildman–Crippen LogP) is 3.61. The molecule has 0 unspecified atom stereocenters. The van der Waals surface area contributed by atoms with Crippen LogP contribution in [0.5, 0.6) is 0 Å². The van der Waals surface area contributed by atoms with E-state index in [-0.39, 0.29) is 0 Å². The van der Waals surface area contributed by atoms with Gasteiger partial charge in [-0.3, -0.25) is 0 Å². The van der Waals surface area contributed by atoms with E-state index in [1.165, 1.54) is 5.56 Å². The van der Waals surface area contributed by atoms with Gasteiger partial charge in [-0.2, -0.15) is 5.26 Å². The molecule has 0 aliphatic carbocycles. The molecule has 0 saturated heterocycles. The van der Waals surface area contributed by atoms with E-state index < -0.39 is 0 Å². The van der Waals surface area contributed by atoms with Gasteiger partial charge >= 0.3 is 0 Å². The van der Waals surface area contributed by atoms with Crippen molar-refractivity contribution in [2.75, 3.05) is 0 Å². The highest BCUT2D eigenvalue weighted by Gasteiger charge is 2.01. The first-order valence-corrected chi connectivity index (χ1v) is 6.52. The molecule has 3 heteroatoms. The topological polar surface area (TPSA) is 35.8 Å². The van der Waals surface area contributed by atoms with Crippen molar-refractivity contribution in [1.82, 2.24) is 5.32 Å². The van der Waals surface area contributed by atoms with E-state index >= 15 is 0 Å². The lowest BCUT2D eigenvalue weighted by molar-refractivity contribution is 0.691. The van der Waals surface area contributed by atoms with Crippen LogP contribution in [0.2, 0.25) is 0 Å². The summed E-state index contributed by atoms with van der Waals surface area (Å²) < 4.78 is 1.03. The van der Waals surface area contributed by atoms with Crippen LogP contribution in [0.25, 0.3) is 0 Å². The molecular formula is C15H13BrN2. The molecule has 0 aromatic heterocycles. The summed E-state index contributed by atoms with van der Waals surface area (Å²) in [6.45, 7) is 1.56. The van der Waals surface area contributed by atoms with Crippen LogP contribution in [0, 0.1) is 11.3 Å². The Hall–Kier alpha value is -1.63. The Morgan fingerprint density at radius 3 is 2.56 bits per heavy atom. The van der Waals surface area contributed by atoms with Crippen molar-refractivity contribution >= 4 is 15.9 Å². The van der Waals surface area contributed by atoms with Gasteiger partial charge in [0.25, 0.3) is 0 Å². The minimum Gasteiger partial charge on any atom is -0.309 e. The van der Waals surface area contributed by atoms with Crippen LogP contribution in [0.4, 0.5) is 0 Å². The van der Waals surface area contributed by atoms with Crippen LogP contribution < -0.4 is 5.32 Å². The van der Waals surface area contributed by atoms with Crippen LogP contribution in [0.1, 0.15) is 16.7 Å². The molecule has 0 fully saturated rings. The number of halogens is 1. The maximum atomic E-state index is 8.87. The van der Waals surface area contributed by atoms with Crippen molar-refractivity contribution in [3.8, 4) is 6.07 Å². The maximum Gasteiger partial charge on any atom is 0.0991 e. The number of rotatable bonds is 4. The fraction of sp³-hybridized carbons (Fsp3) is 0.133. The van der Waals surface area contributed by atoms with E-state index in [0.717, 1.165) is 23.1 Å². The molecule has 90 valence electrons. The van der Waals surface area contributed by atoms with Crippen LogP contribution in [-0.2, 0) is 13.1 Å². The third-order valence-electron chi connectivity index (χ3n) is 2.66. The van der Waals surface area contributed by atoms with Gasteiger partial charge in [-0.15, -0.1) is 0 Å². The van der Waals surface area contributed by atoms with Crippen LogP contribution in [0.3, 0.4) is 0 Å². The van der Waals surface area contributed by atoms with Gasteiger partial charge in [0, 0.05) is 17.6 Å². The van der Waals surface area contributed by atoms with Crippen LogP contribution in [-0.4, -0.2) is 0 Å². The minimum atomic E-state index is 0.690. The minimum absolute atomic E-state index is 0.690. The molecule has 0 aliphatic heterocycles. The zero-order valence-corrected chi connectivity index (χ0v) is 11.4. The van der Waals surface area contributed by atoms with Crippen molar-refractivity contribution in [2.24, 2.45) is 0 Å². The van der Waals surface area contributed by atoms with Gasteiger partial charge in [0.1, 0.15) is 0 Å². The second-order valence-electron chi connectivity index (χ2n) is 4.01. The largest absolute Gasteiger partial charge is 0.309 e. The normalized spacial score (nSPS) is 10.0. The number of benzene rings is 2. The average Bonchev–Trinajstić information content (AvgIpc) is 2.42. The first kappa shape index (κ1) is 12.8. The standard InChI is InChI=1S/C15H13BrN2/c16-15-7-6-13(9-17)8-14(15)11-18-10-12-4-2-1-3-5-12/h1-8,18H,10-11H2. The molecule has 0 amide bonds. The highest BCUT2D eigenvalue weighted by molar-refractivity contribution is 9.10. The Labute approximate surface area is 115 Å².